The van der Waals surface area contributed by atoms with E-state index in [4.69, 9.17) is 16.7 Å². The van der Waals surface area contributed by atoms with Gasteiger partial charge in [0.1, 0.15) is 16.7 Å². The molecule has 1 aromatic carbocycles. The zero-order chi connectivity index (χ0) is 22.3. The van der Waals surface area contributed by atoms with E-state index in [9.17, 15) is 22.4 Å². The highest BCUT2D eigenvalue weighted by Crippen LogP contribution is 2.37. The van der Waals surface area contributed by atoms with Crippen LogP contribution in [0.2, 0.25) is 5.15 Å². The minimum atomic E-state index is -4.61. The molecule has 3 aromatic rings. The summed E-state index contributed by atoms with van der Waals surface area (Å²) in [4.78, 5) is 14.9. The van der Waals surface area contributed by atoms with E-state index in [-0.39, 0.29) is 28.4 Å². The highest BCUT2D eigenvalue weighted by Gasteiger charge is 2.35. The minimum absolute atomic E-state index is 0.0442. The SMILES string of the molecule is O=C(O)c1ccc(-n2nc(Cc3c(C(F)(F)F)ccnc3Cl)c3c2CCCC3)c(F)c1. The van der Waals surface area contributed by atoms with Gasteiger partial charge in [0.15, 0.2) is 0 Å². The van der Waals surface area contributed by atoms with Crippen molar-refractivity contribution in [1.82, 2.24) is 14.8 Å². The summed E-state index contributed by atoms with van der Waals surface area (Å²) in [5.74, 6) is -2.04. The molecule has 10 heteroatoms. The Balaban J connectivity index is 1.83. The van der Waals surface area contributed by atoms with E-state index < -0.39 is 23.5 Å². The lowest BCUT2D eigenvalue weighted by atomic mass is 9.93. The summed E-state index contributed by atoms with van der Waals surface area (Å²) in [5.41, 5.74) is 0.608. The van der Waals surface area contributed by atoms with Gasteiger partial charge in [-0.3, -0.25) is 0 Å². The van der Waals surface area contributed by atoms with Crippen molar-refractivity contribution >= 4 is 17.6 Å². The van der Waals surface area contributed by atoms with Crippen LogP contribution in [0.25, 0.3) is 5.69 Å². The fraction of sp³-hybridized carbons (Fsp3) is 0.286. The summed E-state index contributed by atoms with van der Waals surface area (Å²) >= 11 is 6.00. The Morgan fingerprint density at radius 3 is 2.61 bits per heavy atom. The number of halogens is 5. The predicted molar refractivity (Wildman–Crippen MR) is 104 cm³/mol. The van der Waals surface area contributed by atoms with Gasteiger partial charge in [-0.2, -0.15) is 18.3 Å². The first-order valence-electron chi connectivity index (χ1n) is 9.50. The third-order valence-corrected chi connectivity index (χ3v) is 5.66. The lowest BCUT2D eigenvalue weighted by Crippen LogP contribution is -2.12. The Morgan fingerprint density at radius 1 is 1.19 bits per heavy atom. The molecule has 0 aliphatic heterocycles. The first-order valence-corrected chi connectivity index (χ1v) is 9.88. The maximum absolute atomic E-state index is 14.7. The quantitative estimate of drug-likeness (QED) is 0.433. The highest BCUT2D eigenvalue weighted by molar-refractivity contribution is 6.30. The number of fused-ring (bicyclic) bond motifs is 1. The molecule has 0 bridgehead atoms. The van der Waals surface area contributed by atoms with E-state index in [1.54, 1.807) is 0 Å². The molecule has 2 heterocycles. The van der Waals surface area contributed by atoms with Crippen LogP contribution in [-0.2, 0) is 25.4 Å². The zero-order valence-electron chi connectivity index (χ0n) is 16.0. The maximum atomic E-state index is 14.7. The van der Waals surface area contributed by atoms with Crippen LogP contribution in [0.3, 0.4) is 0 Å². The number of carboxylic acid groups (broad SMARTS) is 1. The van der Waals surface area contributed by atoms with Gasteiger partial charge < -0.3 is 5.11 Å². The predicted octanol–water partition coefficient (Wildman–Crippen LogP) is 5.25. The van der Waals surface area contributed by atoms with Crippen LogP contribution in [0, 0.1) is 5.82 Å². The molecule has 1 N–H and O–H groups in total. The molecule has 0 amide bonds. The maximum Gasteiger partial charge on any atom is 0.416 e. The van der Waals surface area contributed by atoms with Gasteiger partial charge in [0.2, 0.25) is 0 Å². The van der Waals surface area contributed by atoms with Crippen molar-refractivity contribution in [3.05, 3.63) is 75.1 Å². The Labute approximate surface area is 179 Å². The smallest absolute Gasteiger partial charge is 0.416 e. The molecule has 0 unspecified atom stereocenters. The van der Waals surface area contributed by atoms with Crippen LogP contribution >= 0.6 is 11.6 Å². The Hall–Kier alpha value is -2.94. The average molecular weight is 454 g/mol. The van der Waals surface area contributed by atoms with Crippen LogP contribution in [-0.4, -0.2) is 25.8 Å². The summed E-state index contributed by atoms with van der Waals surface area (Å²) in [7, 11) is 0. The van der Waals surface area contributed by atoms with Crippen molar-refractivity contribution in [1.29, 1.82) is 0 Å². The molecule has 1 aliphatic rings. The van der Waals surface area contributed by atoms with Crippen molar-refractivity contribution in [2.24, 2.45) is 0 Å². The topological polar surface area (TPSA) is 68.0 Å². The number of carbonyl (C=O) groups is 1. The number of rotatable bonds is 4. The molecule has 0 atom stereocenters. The number of benzene rings is 1. The molecule has 4 rings (SSSR count). The van der Waals surface area contributed by atoms with Crippen LogP contribution in [0.5, 0.6) is 0 Å². The first-order chi connectivity index (χ1) is 14.7. The van der Waals surface area contributed by atoms with Crippen LogP contribution in [0.15, 0.2) is 30.5 Å². The molecule has 0 saturated carbocycles. The average Bonchev–Trinajstić information content (AvgIpc) is 3.07. The number of aromatic carboxylic acids is 1. The van der Waals surface area contributed by atoms with Gasteiger partial charge in [0, 0.05) is 23.9 Å². The molecule has 0 spiro atoms. The Morgan fingerprint density at radius 2 is 1.94 bits per heavy atom. The normalized spacial score (nSPS) is 13.8. The second-order valence-corrected chi connectivity index (χ2v) is 7.62. The van der Waals surface area contributed by atoms with Crippen LogP contribution in [0.1, 0.15) is 51.3 Å². The van der Waals surface area contributed by atoms with Gasteiger partial charge in [0.25, 0.3) is 0 Å². The molecule has 5 nitrogen and oxygen atoms in total. The number of nitrogens with zero attached hydrogens (tertiary/aromatic N) is 3. The van der Waals surface area contributed by atoms with E-state index in [1.807, 2.05) is 0 Å². The summed E-state index contributed by atoms with van der Waals surface area (Å²) < 4.78 is 56.5. The molecule has 31 heavy (non-hydrogen) atoms. The monoisotopic (exact) mass is 453 g/mol. The molecule has 0 radical (unpaired) electrons. The van der Waals surface area contributed by atoms with Gasteiger partial charge in [-0.15, -0.1) is 0 Å². The van der Waals surface area contributed by atoms with Gasteiger partial charge in [0.05, 0.1) is 16.8 Å². The number of hydrogen-bond acceptors (Lipinski definition) is 3. The van der Waals surface area contributed by atoms with Gasteiger partial charge in [-0.05, 0) is 55.5 Å². The van der Waals surface area contributed by atoms with Crippen molar-refractivity contribution in [3.8, 4) is 5.69 Å². The van der Waals surface area contributed by atoms with Crippen molar-refractivity contribution < 1.29 is 27.5 Å². The summed E-state index contributed by atoms with van der Waals surface area (Å²) in [6.45, 7) is 0. The van der Waals surface area contributed by atoms with Crippen molar-refractivity contribution in [2.45, 2.75) is 38.3 Å². The number of carboxylic acids is 1. The lowest BCUT2D eigenvalue weighted by Gasteiger charge is -2.16. The third-order valence-electron chi connectivity index (χ3n) is 5.34. The van der Waals surface area contributed by atoms with Crippen molar-refractivity contribution in [3.63, 3.8) is 0 Å². The second kappa shape index (κ2) is 7.96. The number of alkyl halides is 3. The summed E-state index contributed by atoms with van der Waals surface area (Å²) in [5, 5.41) is 13.2. The third kappa shape index (κ3) is 4.01. The largest absolute Gasteiger partial charge is 0.478 e. The number of hydrogen-bond donors (Lipinski definition) is 1. The fourth-order valence-corrected chi connectivity index (χ4v) is 4.12. The van der Waals surface area contributed by atoms with Gasteiger partial charge >= 0.3 is 12.1 Å². The summed E-state index contributed by atoms with van der Waals surface area (Å²) in [6.07, 6.45) is -0.974. The lowest BCUT2D eigenvalue weighted by molar-refractivity contribution is -0.138. The fourth-order valence-electron chi connectivity index (χ4n) is 3.90. The van der Waals surface area contributed by atoms with Crippen LogP contribution in [0.4, 0.5) is 17.6 Å². The number of aromatic nitrogens is 3. The molecule has 2 aromatic heterocycles. The van der Waals surface area contributed by atoms with Crippen molar-refractivity contribution in [2.75, 3.05) is 0 Å². The van der Waals surface area contributed by atoms with E-state index in [1.165, 1.54) is 16.8 Å². The summed E-state index contributed by atoms with van der Waals surface area (Å²) in [6, 6.07) is 4.34. The first kappa shape index (κ1) is 21.3. The molecule has 0 fully saturated rings. The molecular weight excluding hydrogens is 438 g/mol. The highest BCUT2D eigenvalue weighted by atomic mass is 35.5. The van der Waals surface area contributed by atoms with E-state index in [2.05, 4.69) is 10.1 Å². The Bertz CT molecular complexity index is 1170. The standard InChI is InChI=1S/C21H16ClF4N3O2/c22-19-13(14(7-8-27-19)21(24,25)26)10-16-12-3-1-2-4-17(12)29(28-16)18-6-5-11(20(30)31)9-15(18)23/h5-9H,1-4,10H2,(H,30,31). The Kier molecular flexibility index (Phi) is 5.47. The van der Waals surface area contributed by atoms with Gasteiger partial charge in [-0.25, -0.2) is 18.9 Å². The van der Waals surface area contributed by atoms with E-state index >= 15 is 0 Å². The molecule has 1 aliphatic carbocycles. The van der Waals surface area contributed by atoms with E-state index in [0.29, 0.717) is 24.2 Å². The van der Waals surface area contributed by atoms with E-state index in [0.717, 1.165) is 36.7 Å². The number of pyridine rings is 1. The van der Waals surface area contributed by atoms with Gasteiger partial charge in [-0.1, -0.05) is 11.6 Å². The molecule has 0 saturated heterocycles. The van der Waals surface area contributed by atoms with Crippen LogP contribution < -0.4 is 0 Å². The minimum Gasteiger partial charge on any atom is -0.478 e. The zero-order valence-corrected chi connectivity index (χ0v) is 16.8. The molecular formula is C21H16ClF4N3O2. The second-order valence-electron chi connectivity index (χ2n) is 7.26. The molecule has 162 valence electrons.